The largest absolute Gasteiger partial charge is 0.345 e. The number of benzene rings is 2. The average Bonchev–Trinajstić information content (AvgIpc) is 3.47. The molecule has 0 saturated carbocycles. The molecule has 2 aromatic heterocycles. The lowest BCUT2D eigenvalue weighted by Gasteiger charge is -2.34. The van der Waals surface area contributed by atoms with Crippen LogP contribution in [0.1, 0.15) is 5.56 Å². The smallest absolute Gasteiger partial charge is 0.317 e. The fourth-order valence-corrected chi connectivity index (χ4v) is 4.98. The number of hydrogen-bond acceptors (Lipinski definition) is 5. The molecule has 0 bridgehead atoms. The summed E-state index contributed by atoms with van der Waals surface area (Å²) in [6.07, 6.45) is 4.83. The second-order valence-corrected chi connectivity index (χ2v) is 8.94. The zero-order valence-electron chi connectivity index (χ0n) is 17.0. The van der Waals surface area contributed by atoms with Gasteiger partial charge in [-0.15, -0.1) is 0 Å². The number of carbonyl (C=O) groups is 1. The number of carbonyl (C=O) groups excluding carboxylic acids is 1. The van der Waals surface area contributed by atoms with Crippen molar-refractivity contribution in [3.8, 4) is 5.69 Å². The number of thiazole rings is 1. The molecule has 2 amide bonds. The number of nitrogens with zero attached hydrogens (tertiary/aromatic N) is 5. The predicted molar refractivity (Wildman–Crippen MR) is 124 cm³/mol. The second-order valence-electron chi connectivity index (χ2n) is 7.50. The molecule has 3 heterocycles. The average molecular weight is 471 g/mol. The van der Waals surface area contributed by atoms with Crippen LogP contribution in [0.2, 0.25) is 5.02 Å². The summed E-state index contributed by atoms with van der Waals surface area (Å²) in [6, 6.07) is 10.5. The lowest BCUT2D eigenvalue weighted by Crippen LogP contribution is -2.51. The molecule has 1 fully saturated rings. The number of imidazole rings is 1. The zero-order valence-corrected chi connectivity index (χ0v) is 18.6. The number of rotatable bonds is 4. The van der Waals surface area contributed by atoms with Gasteiger partial charge in [-0.1, -0.05) is 29.0 Å². The summed E-state index contributed by atoms with van der Waals surface area (Å²) in [6.45, 7) is 2.86. The fourth-order valence-electron chi connectivity index (χ4n) is 3.68. The number of urea groups is 1. The Morgan fingerprint density at radius 3 is 2.75 bits per heavy atom. The number of amides is 2. The third-order valence-electron chi connectivity index (χ3n) is 5.42. The molecule has 0 aliphatic carbocycles. The van der Waals surface area contributed by atoms with Gasteiger partial charge in [0.15, 0.2) is 5.13 Å². The van der Waals surface area contributed by atoms with E-state index in [0.29, 0.717) is 42.5 Å². The zero-order chi connectivity index (χ0) is 22.1. The van der Waals surface area contributed by atoms with Crippen LogP contribution in [0.25, 0.3) is 15.9 Å². The third-order valence-corrected chi connectivity index (χ3v) is 6.73. The van der Waals surface area contributed by atoms with Gasteiger partial charge in [0.2, 0.25) is 0 Å². The number of hydrogen-bond donors (Lipinski definition) is 1. The Balaban J connectivity index is 1.15. The second kappa shape index (κ2) is 8.76. The topological polar surface area (TPSA) is 66.3 Å². The van der Waals surface area contributed by atoms with E-state index in [0.717, 1.165) is 15.3 Å². The van der Waals surface area contributed by atoms with Crippen molar-refractivity contribution in [3.05, 3.63) is 71.5 Å². The van der Waals surface area contributed by atoms with E-state index in [-0.39, 0.29) is 18.4 Å². The van der Waals surface area contributed by atoms with E-state index in [2.05, 4.69) is 20.2 Å². The highest BCUT2D eigenvalue weighted by atomic mass is 35.5. The van der Waals surface area contributed by atoms with Gasteiger partial charge >= 0.3 is 6.03 Å². The van der Waals surface area contributed by atoms with E-state index < -0.39 is 0 Å². The molecule has 1 aliphatic rings. The lowest BCUT2D eigenvalue weighted by molar-refractivity contribution is 0.194. The number of nitrogens with one attached hydrogen (secondary N) is 1. The molecule has 0 spiro atoms. The molecule has 164 valence electrons. The van der Waals surface area contributed by atoms with Crippen molar-refractivity contribution in [2.75, 3.05) is 31.1 Å². The van der Waals surface area contributed by atoms with Crippen molar-refractivity contribution in [1.82, 2.24) is 24.8 Å². The number of fused-ring (bicyclic) bond motifs is 1. The van der Waals surface area contributed by atoms with Crippen molar-refractivity contribution in [1.29, 1.82) is 0 Å². The van der Waals surface area contributed by atoms with Crippen LogP contribution < -0.4 is 10.2 Å². The van der Waals surface area contributed by atoms with Crippen molar-refractivity contribution < 1.29 is 9.18 Å². The number of anilines is 1. The third kappa shape index (κ3) is 4.26. The molecule has 1 saturated heterocycles. The molecule has 1 aliphatic heterocycles. The van der Waals surface area contributed by atoms with E-state index in [1.54, 1.807) is 51.7 Å². The van der Waals surface area contributed by atoms with Gasteiger partial charge in [-0.05, 0) is 35.9 Å². The first-order chi connectivity index (χ1) is 15.6. The van der Waals surface area contributed by atoms with Crippen LogP contribution in [0.5, 0.6) is 0 Å². The molecule has 5 rings (SSSR count). The summed E-state index contributed by atoms with van der Waals surface area (Å²) < 4.78 is 17.1. The van der Waals surface area contributed by atoms with Crippen LogP contribution in [-0.4, -0.2) is 51.6 Å². The quantitative estimate of drug-likeness (QED) is 0.482. The highest BCUT2D eigenvalue weighted by Crippen LogP contribution is 2.31. The molecule has 32 heavy (non-hydrogen) atoms. The highest BCUT2D eigenvalue weighted by molar-refractivity contribution is 7.22. The van der Waals surface area contributed by atoms with E-state index in [4.69, 9.17) is 11.6 Å². The molecular formula is C22H20ClFN6OS. The highest BCUT2D eigenvalue weighted by Gasteiger charge is 2.23. The van der Waals surface area contributed by atoms with Gasteiger partial charge in [0.05, 0.1) is 22.2 Å². The number of aromatic nitrogens is 3. The Labute approximate surface area is 193 Å². The molecule has 2 aromatic carbocycles. The minimum atomic E-state index is -0.361. The van der Waals surface area contributed by atoms with Crippen LogP contribution in [0.15, 0.2) is 55.1 Å². The maximum absolute atomic E-state index is 14.4. The van der Waals surface area contributed by atoms with E-state index in [9.17, 15) is 9.18 Å². The van der Waals surface area contributed by atoms with Gasteiger partial charge in [0.1, 0.15) is 5.82 Å². The Kier molecular flexibility index (Phi) is 5.67. The molecule has 0 radical (unpaired) electrons. The number of piperazine rings is 1. The molecule has 7 nitrogen and oxygen atoms in total. The van der Waals surface area contributed by atoms with Crippen LogP contribution >= 0.6 is 22.9 Å². The van der Waals surface area contributed by atoms with Crippen LogP contribution in [0.4, 0.5) is 14.3 Å². The Morgan fingerprint density at radius 2 is 2.00 bits per heavy atom. The Hall–Kier alpha value is -3.17. The van der Waals surface area contributed by atoms with E-state index >= 15 is 0 Å². The summed E-state index contributed by atoms with van der Waals surface area (Å²) in [7, 11) is 0. The first-order valence-electron chi connectivity index (χ1n) is 10.2. The fraction of sp³-hybridized carbons (Fsp3) is 0.227. The van der Waals surface area contributed by atoms with Crippen molar-refractivity contribution >= 4 is 44.3 Å². The maximum atomic E-state index is 14.4. The Bertz CT molecular complexity index is 1250. The van der Waals surface area contributed by atoms with Gasteiger partial charge in [-0.2, -0.15) is 0 Å². The summed E-state index contributed by atoms with van der Waals surface area (Å²) in [4.78, 5) is 25.2. The molecule has 1 N–H and O–H groups in total. The van der Waals surface area contributed by atoms with Gasteiger partial charge in [0.25, 0.3) is 0 Å². The monoisotopic (exact) mass is 470 g/mol. The van der Waals surface area contributed by atoms with Crippen LogP contribution in [-0.2, 0) is 6.54 Å². The van der Waals surface area contributed by atoms with Crippen LogP contribution in [0, 0.1) is 5.82 Å². The van der Waals surface area contributed by atoms with Gasteiger partial charge in [0, 0.05) is 50.1 Å². The van der Waals surface area contributed by atoms with Crippen molar-refractivity contribution in [2.45, 2.75) is 6.54 Å². The summed E-state index contributed by atoms with van der Waals surface area (Å²) in [5.41, 5.74) is 2.05. The summed E-state index contributed by atoms with van der Waals surface area (Å²) in [5, 5.41) is 4.53. The van der Waals surface area contributed by atoms with Gasteiger partial charge in [-0.25, -0.2) is 19.2 Å². The van der Waals surface area contributed by atoms with Gasteiger partial charge in [-0.3, -0.25) is 0 Å². The van der Waals surface area contributed by atoms with Crippen molar-refractivity contribution in [3.63, 3.8) is 0 Å². The molecule has 4 aromatic rings. The maximum Gasteiger partial charge on any atom is 0.317 e. The minimum Gasteiger partial charge on any atom is -0.345 e. The minimum absolute atomic E-state index is 0.153. The first-order valence-corrected chi connectivity index (χ1v) is 11.4. The standard InChI is InChI=1S/C22H20ClFN6OS/c23-16-2-3-18-20(12-16)32-22(27-18)29-9-7-28(8-10-29)21(31)26-13-15-1-4-19(17(24)11-15)30-6-5-25-14-30/h1-6,11-12,14H,7-10,13H2,(H,26,31). The Morgan fingerprint density at radius 1 is 1.16 bits per heavy atom. The molecular weight excluding hydrogens is 451 g/mol. The summed E-state index contributed by atoms with van der Waals surface area (Å²) >= 11 is 7.68. The van der Waals surface area contributed by atoms with E-state index in [1.807, 2.05) is 18.2 Å². The molecule has 0 atom stereocenters. The number of halogens is 2. The lowest BCUT2D eigenvalue weighted by atomic mass is 10.2. The molecule has 0 unspecified atom stereocenters. The predicted octanol–water partition coefficient (Wildman–Crippen LogP) is 4.31. The van der Waals surface area contributed by atoms with Crippen LogP contribution in [0.3, 0.4) is 0 Å². The van der Waals surface area contributed by atoms with E-state index in [1.165, 1.54) is 6.07 Å². The normalized spacial score (nSPS) is 14.2. The van der Waals surface area contributed by atoms with Gasteiger partial charge < -0.3 is 19.7 Å². The van der Waals surface area contributed by atoms with Crippen molar-refractivity contribution in [2.24, 2.45) is 0 Å². The SMILES string of the molecule is O=C(NCc1ccc(-n2ccnc2)c(F)c1)N1CCN(c2nc3ccc(Cl)cc3s2)CC1. The molecule has 10 heteroatoms. The summed E-state index contributed by atoms with van der Waals surface area (Å²) in [5.74, 6) is -0.361. The first kappa shape index (κ1) is 20.7.